The van der Waals surface area contributed by atoms with Gasteiger partial charge >= 0.3 is 6.18 Å². The van der Waals surface area contributed by atoms with Gasteiger partial charge in [0.05, 0.1) is 28.5 Å². The molecule has 3 aromatic heterocycles. The van der Waals surface area contributed by atoms with Crippen LogP contribution in [0.2, 0.25) is 0 Å². The van der Waals surface area contributed by atoms with Crippen LogP contribution in [-0.2, 0) is 18.8 Å². The van der Waals surface area contributed by atoms with Gasteiger partial charge < -0.3 is 4.57 Å². The van der Waals surface area contributed by atoms with Gasteiger partial charge in [-0.05, 0) is 24.6 Å². The van der Waals surface area contributed by atoms with Gasteiger partial charge in [0, 0.05) is 6.54 Å². The zero-order valence-corrected chi connectivity index (χ0v) is 18.8. The number of para-hydroxylation sites is 1. The first-order valence-corrected chi connectivity index (χ1v) is 11.5. The van der Waals surface area contributed by atoms with Crippen molar-refractivity contribution in [2.75, 3.05) is 0 Å². The molecule has 5 rings (SSSR count). The summed E-state index contributed by atoms with van der Waals surface area (Å²) in [6.45, 7) is 1.10. The number of hydrogen-bond donors (Lipinski definition) is 0. The molecule has 0 saturated heterocycles. The summed E-state index contributed by atoms with van der Waals surface area (Å²) in [7, 11) is 0. The molecular weight excluding hydrogens is 465 g/mol. The summed E-state index contributed by atoms with van der Waals surface area (Å²) in [5.74, 6) is 1.13. The molecule has 0 aliphatic heterocycles. The average molecular weight is 485 g/mol. The normalized spacial score (nSPS) is 12.1. The van der Waals surface area contributed by atoms with Gasteiger partial charge in [-0.1, -0.05) is 54.2 Å². The van der Waals surface area contributed by atoms with Crippen LogP contribution in [0.3, 0.4) is 0 Å². The Morgan fingerprint density at radius 2 is 1.71 bits per heavy atom. The number of imidazole rings is 1. The number of nitrogens with zero attached hydrogens (tertiary/aromatic N) is 6. The quantitative estimate of drug-likeness (QED) is 0.325. The van der Waals surface area contributed by atoms with Crippen LogP contribution >= 0.6 is 11.8 Å². The minimum atomic E-state index is -4.41. The van der Waals surface area contributed by atoms with Crippen LogP contribution in [0.15, 0.2) is 70.7 Å². The summed E-state index contributed by atoms with van der Waals surface area (Å²) >= 11 is 1.14. The fraction of sp³-hybridized carbons (Fsp3) is 0.217. The molecule has 7 nitrogen and oxygen atoms in total. The second-order valence-electron chi connectivity index (χ2n) is 7.60. The monoisotopic (exact) mass is 484 g/mol. The molecular formula is C23H19F3N6OS. The number of rotatable bonds is 6. The van der Waals surface area contributed by atoms with Crippen molar-refractivity contribution < 1.29 is 13.2 Å². The summed E-state index contributed by atoms with van der Waals surface area (Å²) in [6, 6.07) is 16.0. The molecule has 0 fully saturated rings. The molecule has 0 saturated carbocycles. The number of aromatic nitrogens is 6. The fourth-order valence-corrected chi connectivity index (χ4v) is 4.86. The van der Waals surface area contributed by atoms with Crippen LogP contribution in [0.25, 0.3) is 27.9 Å². The highest BCUT2D eigenvalue weighted by Gasteiger charge is 2.31. The molecule has 0 radical (unpaired) electrons. The van der Waals surface area contributed by atoms with Gasteiger partial charge in [0.15, 0.2) is 5.16 Å². The lowest BCUT2D eigenvalue weighted by Gasteiger charge is -2.14. The van der Waals surface area contributed by atoms with Crippen LogP contribution in [0.5, 0.6) is 0 Å². The maximum Gasteiger partial charge on any atom is 0.406 e. The van der Waals surface area contributed by atoms with Gasteiger partial charge in [-0.3, -0.25) is 13.8 Å². The van der Waals surface area contributed by atoms with Crippen molar-refractivity contribution in [3.8, 4) is 11.3 Å². The highest BCUT2D eigenvalue weighted by Crippen LogP contribution is 2.31. The maximum absolute atomic E-state index is 13.4. The summed E-state index contributed by atoms with van der Waals surface area (Å²) in [5.41, 5.74) is 1.52. The third kappa shape index (κ3) is 3.96. The molecule has 0 spiro atoms. The van der Waals surface area contributed by atoms with E-state index in [1.165, 1.54) is 15.3 Å². The van der Waals surface area contributed by atoms with E-state index in [9.17, 15) is 18.0 Å². The molecule has 3 heterocycles. The van der Waals surface area contributed by atoms with E-state index in [-0.39, 0.29) is 16.5 Å². The largest absolute Gasteiger partial charge is 0.406 e. The number of benzene rings is 2. The highest BCUT2D eigenvalue weighted by atomic mass is 32.2. The SMILES string of the molecule is CCn1c(=O)c2ccccc2n2c(CSc3ncc(-c4ccccc4)n3CC(F)(F)F)nnc12. The smallest absolute Gasteiger partial charge is 0.310 e. The lowest BCUT2D eigenvalue weighted by molar-refractivity contribution is -0.141. The van der Waals surface area contributed by atoms with Gasteiger partial charge in [0.2, 0.25) is 5.78 Å². The van der Waals surface area contributed by atoms with Crippen molar-refractivity contribution in [3.63, 3.8) is 0 Å². The minimum absolute atomic E-state index is 0.162. The molecule has 2 aromatic carbocycles. The second-order valence-corrected chi connectivity index (χ2v) is 8.54. The minimum Gasteiger partial charge on any atom is -0.310 e. The number of fused-ring (bicyclic) bond motifs is 3. The molecule has 0 aliphatic rings. The Balaban J connectivity index is 1.56. The van der Waals surface area contributed by atoms with E-state index in [1.807, 2.05) is 13.0 Å². The van der Waals surface area contributed by atoms with E-state index in [4.69, 9.17) is 0 Å². The standard InChI is InChI=1S/C23H19F3N6OS/c1-2-30-20(33)16-10-6-7-11-17(16)32-19(28-29-21(30)32)13-34-22-27-12-18(15-8-4-3-5-9-15)31(22)14-23(24,25)26/h3-12H,2,13-14H2,1H3. The zero-order valence-electron chi connectivity index (χ0n) is 18.0. The summed E-state index contributed by atoms with van der Waals surface area (Å²) in [4.78, 5) is 17.1. The van der Waals surface area contributed by atoms with Crippen LogP contribution in [0.4, 0.5) is 13.2 Å². The summed E-state index contributed by atoms with van der Waals surface area (Å²) < 4.78 is 44.7. The third-order valence-electron chi connectivity index (χ3n) is 5.45. The molecule has 0 N–H and O–H groups in total. The van der Waals surface area contributed by atoms with E-state index in [0.29, 0.717) is 40.3 Å². The number of alkyl halides is 3. The first-order valence-electron chi connectivity index (χ1n) is 10.5. The van der Waals surface area contributed by atoms with Gasteiger partial charge in [-0.25, -0.2) is 4.98 Å². The number of thioether (sulfide) groups is 1. The third-order valence-corrected chi connectivity index (χ3v) is 6.43. The van der Waals surface area contributed by atoms with Crippen LogP contribution in [0, 0.1) is 0 Å². The van der Waals surface area contributed by atoms with E-state index in [0.717, 1.165) is 11.8 Å². The van der Waals surface area contributed by atoms with Crippen molar-refractivity contribution in [1.29, 1.82) is 0 Å². The predicted molar refractivity (Wildman–Crippen MR) is 124 cm³/mol. The van der Waals surface area contributed by atoms with Gasteiger partial charge in [-0.2, -0.15) is 13.2 Å². The van der Waals surface area contributed by atoms with Gasteiger partial charge in [0.25, 0.3) is 5.56 Å². The molecule has 0 unspecified atom stereocenters. The molecule has 174 valence electrons. The Labute approximate surface area is 195 Å². The van der Waals surface area contributed by atoms with Crippen LogP contribution in [-0.4, -0.2) is 34.9 Å². The van der Waals surface area contributed by atoms with Crippen molar-refractivity contribution in [2.45, 2.75) is 37.1 Å². The van der Waals surface area contributed by atoms with E-state index >= 15 is 0 Å². The average Bonchev–Trinajstić information content (AvgIpc) is 3.42. The van der Waals surface area contributed by atoms with Crippen LogP contribution < -0.4 is 5.56 Å². The van der Waals surface area contributed by atoms with Crippen LogP contribution in [0.1, 0.15) is 12.7 Å². The first-order chi connectivity index (χ1) is 16.4. The molecule has 34 heavy (non-hydrogen) atoms. The van der Waals surface area contributed by atoms with Crippen molar-refractivity contribution in [1.82, 2.24) is 28.7 Å². The topological polar surface area (TPSA) is 70.0 Å². The lowest BCUT2D eigenvalue weighted by atomic mass is 10.2. The van der Waals surface area contributed by atoms with E-state index < -0.39 is 12.7 Å². The number of halogens is 3. The molecule has 0 amide bonds. The summed E-state index contributed by atoms with van der Waals surface area (Å²) in [5, 5.41) is 9.20. The zero-order chi connectivity index (χ0) is 23.9. The number of aryl methyl sites for hydroxylation is 1. The van der Waals surface area contributed by atoms with Crippen molar-refractivity contribution in [2.24, 2.45) is 0 Å². The molecule has 5 aromatic rings. The number of hydrogen-bond acceptors (Lipinski definition) is 5. The highest BCUT2D eigenvalue weighted by molar-refractivity contribution is 7.98. The van der Waals surface area contributed by atoms with E-state index in [1.54, 1.807) is 52.9 Å². The Hall–Kier alpha value is -3.60. The first kappa shape index (κ1) is 22.2. The summed E-state index contributed by atoms with van der Waals surface area (Å²) in [6.07, 6.45) is -2.95. The fourth-order valence-electron chi connectivity index (χ4n) is 3.97. The molecule has 0 aliphatic carbocycles. The Morgan fingerprint density at radius 3 is 2.44 bits per heavy atom. The molecule has 0 atom stereocenters. The van der Waals surface area contributed by atoms with Crippen molar-refractivity contribution in [3.05, 3.63) is 77.0 Å². The Kier molecular flexibility index (Phi) is 5.64. The molecule has 11 heteroatoms. The van der Waals surface area contributed by atoms with Gasteiger partial charge in [-0.15, -0.1) is 10.2 Å². The Bertz CT molecular complexity index is 1540. The van der Waals surface area contributed by atoms with Gasteiger partial charge in [0.1, 0.15) is 12.4 Å². The Morgan fingerprint density at radius 1 is 0.971 bits per heavy atom. The predicted octanol–water partition coefficient (Wildman–Crippen LogP) is 4.78. The maximum atomic E-state index is 13.4. The second kappa shape index (κ2) is 8.64. The van der Waals surface area contributed by atoms with E-state index in [2.05, 4.69) is 15.2 Å². The van der Waals surface area contributed by atoms with Crippen molar-refractivity contribution >= 4 is 28.4 Å². The molecule has 0 bridgehead atoms. The lowest BCUT2D eigenvalue weighted by Crippen LogP contribution is -2.22.